The quantitative estimate of drug-likeness (QED) is 0.881. The second-order valence-corrected chi connectivity index (χ2v) is 5.19. The van der Waals surface area contributed by atoms with Crippen molar-refractivity contribution < 1.29 is 24.1 Å². The van der Waals surface area contributed by atoms with Crippen molar-refractivity contribution in [3.05, 3.63) is 23.9 Å². The molecule has 1 aromatic heterocycles. The third-order valence-corrected chi connectivity index (χ3v) is 3.23. The maximum Gasteiger partial charge on any atom is 0.356 e. The second kappa shape index (κ2) is 6.60. The van der Waals surface area contributed by atoms with Gasteiger partial charge in [-0.15, -0.1) is 0 Å². The molecule has 23 heavy (non-hydrogen) atoms. The topological polar surface area (TPSA) is 82.8 Å². The maximum absolute atomic E-state index is 11.1. The number of ether oxygens (including phenoxy) is 3. The highest BCUT2D eigenvalue weighted by molar-refractivity contribution is 5.87. The van der Waals surface area contributed by atoms with Crippen molar-refractivity contribution in [3.8, 4) is 28.5 Å². The Morgan fingerprint density at radius 3 is 2.39 bits per heavy atom. The Morgan fingerprint density at radius 1 is 1.22 bits per heavy atom. The molecule has 0 saturated heterocycles. The van der Waals surface area contributed by atoms with Crippen LogP contribution in [0.25, 0.3) is 11.3 Å². The molecule has 0 unspecified atom stereocenters. The van der Waals surface area contributed by atoms with Gasteiger partial charge in [-0.3, -0.25) is 4.68 Å². The van der Waals surface area contributed by atoms with Gasteiger partial charge in [-0.05, 0) is 32.0 Å². The molecule has 7 nitrogen and oxygen atoms in total. The highest BCUT2D eigenvalue weighted by atomic mass is 16.5. The molecule has 124 valence electrons. The molecule has 0 aliphatic carbocycles. The second-order valence-electron chi connectivity index (χ2n) is 5.19. The van der Waals surface area contributed by atoms with Gasteiger partial charge in [0.25, 0.3) is 0 Å². The highest BCUT2D eigenvalue weighted by Crippen LogP contribution is 2.44. The number of carboxylic acids is 1. The van der Waals surface area contributed by atoms with Crippen LogP contribution >= 0.6 is 0 Å². The summed E-state index contributed by atoms with van der Waals surface area (Å²) in [5.74, 6) is 0.393. The van der Waals surface area contributed by atoms with E-state index in [-0.39, 0.29) is 11.8 Å². The molecule has 2 aromatic rings. The van der Waals surface area contributed by atoms with E-state index in [1.54, 1.807) is 26.3 Å². The smallest absolute Gasteiger partial charge is 0.356 e. The molecule has 2 rings (SSSR count). The van der Waals surface area contributed by atoms with Gasteiger partial charge in [0.2, 0.25) is 5.75 Å². The molecule has 0 atom stereocenters. The summed E-state index contributed by atoms with van der Waals surface area (Å²) < 4.78 is 18.1. The Hall–Kier alpha value is -2.70. The first-order valence-electron chi connectivity index (χ1n) is 7.08. The molecule has 0 amide bonds. The number of hydrogen-bond acceptors (Lipinski definition) is 5. The predicted octanol–water partition coefficient (Wildman–Crippen LogP) is 2.59. The highest BCUT2D eigenvalue weighted by Gasteiger charge is 2.22. The Balaban J connectivity index is 2.68. The molecule has 7 heteroatoms. The molecule has 1 heterocycles. The minimum Gasteiger partial charge on any atom is -0.493 e. The summed E-state index contributed by atoms with van der Waals surface area (Å²) >= 11 is 0. The summed E-state index contributed by atoms with van der Waals surface area (Å²) in [6.45, 7) is 3.79. The van der Waals surface area contributed by atoms with Crippen LogP contribution in [0.15, 0.2) is 18.2 Å². The molecular formula is C16H20N2O5. The van der Waals surface area contributed by atoms with Gasteiger partial charge in [0, 0.05) is 12.6 Å². The first kappa shape index (κ1) is 16.7. The standard InChI is InChI=1S/C16H20N2O5/c1-9(2)23-14-10(6-7-13(21-4)15(14)22-5)12-8-11(16(19)20)17-18(12)3/h6-9H,1-5H3,(H,19,20). The maximum atomic E-state index is 11.1. The van der Waals surface area contributed by atoms with Gasteiger partial charge in [-0.25, -0.2) is 4.79 Å². The van der Waals surface area contributed by atoms with Crippen LogP contribution in [0.2, 0.25) is 0 Å². The summed E-state index contributed by atoms with van der Waals surface area (Å²) in [5.41, 5.74) is 1.26. The third kappa shape index (κ3) is 3.23. The Labute approximate surface area is 134 Å². The van der Waals surface area contributed by atoms with Crippen LogP contribution in [-0.2, 0) is 7.05 Å². The molecule has 1 N–H and O–H groups in total. The molecular weight excluding hydrogens is 300 g/mol. The fourth-order valence-corrected chi connectivity index (χ4v) is 2.28. The Morgan fingerprint density at radius 2 is 1.91 bits per heavy atom. The lowest BCUT2D eigenvalue weighted by Crippen LogP contribution is -2.09. The molecule has 0 spiro atoms. The zero-order valence-electron chi connectivity index (χ0n) is 13.8. The van der Waals surface area contributed by atoms with Crippen LogP contribution < -0.4 is 14.2 Å². The molecule has 0 radical (unpaired) electrons. The molecule has 1 aromatic carbocycles. The summed E-state index contributed by atoms with van der Waals surface area (Å²) in [6, 6.07) is 5.03. The van der Waals surface area contributed by atoms with E-state index < -0.39 is 5.97 Å². The van der Waals surface area contributed by atoms with E-state index in [9.17, 15) is 4.79 Å². The monoisotopic (exact) mass is 320 g/mol. The normalized spacial score (nSPS) is 10.7. The van der Waals surface area contributed by atoms with Gasteiger partial charge in [-0.1, -0.05) is 0 Å². The average molecular weight is 320 g/mol. The zero-order chi connectivity index (χ0) is 17.1. The number of aromatic nitrogens is 2. The van der Waals surface area contributed by atoms with E-state index in [1.807, 2.05) is 13.8 Å². The number of carbonyl (C=O) groups is 1. The minimum absolute atomic E-state index is 0.0345. The first-order valence-corrected chi connectivity index (χ1v) is 7.08. The van der Waals surface area contributed by atoms with Gasteiger partial charge in [0.1, 0.15) is 0 Å². The predicted molar refractivity (Wildman–Crippen MR) is 84.5 cm³/mol. The number of methoxy groups -OCH3 is 2. The lowest BCUT2D eigenvalue weighted by Gasteiger charge is -2.19. The average Bonchev–Trinajstić information content (AvgIpc) is 2.88. The van der Waals surface area contributed by atoms with Crippen molar-refractivity contribution in [2.24, 2.45) is 7.05 Å². The minimum atomic E-state index is -1.08. The number of carboxylic acid groups (broad SMARTS) is 1. The summed E-state index contributed by atoms with van der Waals surface area (Å²) in [4.78, 5) is 11.1. The van der Waals surface area contributed by atoms with Gasteiger partial charge in [0.05, 0.1) is 26.0 Å². The van der Waals surface area contributed by atoms with Crippen LogP contribution in [-0.4, -0.2) is 41.2 Å². The Bertz CT molecular complexity index is 722. The van der Waals surface area contributed by atoms with E-state index in [0.717, 1.165) is 0 Å². The fraction of sp³-hybridized carbons (Fsp3) is 0.375. The fourth-order valence-electron chi connectivity index (χ4n) is 2.28. The van der Waals surface area contributed by atoms with E-state index >= 15 is 0 Å². The van der Waals surface area contributed by atoms with Crippen molar-refractivity contribution >= 4 is 5.97 Å². The van der Waals surface area contributed by atoms with E-state index in [1.165, 1.54) is 17.9 Å². The number of hydrogen-bond donors (Lipinski definition) is 1. The number of aryl methyl sites for hydroxylation is 1. The molecule has 0 saturated carbocycles. The van der Waals surface area contributed by atoms with Crippen LogP contribution in [0.3, 0.4) is 0 Å². The number of rotatable bonds is 6. The SMILES string of the molecule is COc1ccc(-c2cc(C(=O)O)nn2C)c(OC(C)C)c1OC. The van der Waals surface area contributed by atoms with Crippen LogP contribution in [0, 0.1) is 0 Å². The van der Waals surface area contributed by atoms with Gasteiger partial charge in [0.15, 0.2) is 17.2 Å². The van der Waals surface area contributed by atoms with E-state index in [0.29, 0.717) is 28.5 Å². The molecule has 0 aliphatic heterocycles. The van der Waals surface area contributed by atoms with Crippen molar-refractivity contribution in [2.75, 3.05) is 14.2 Å². The van der Waals surface area contributed by atoms with Crippen molar-refractivity contribution in [1.29, 1.82) is 0 Å². The van der Waals surface area contributed by atoms with Gasteiger partial charge in [-0.2, -0.15) is 5.10 Å². The van der Waals surface area contributed by atoms with E-state index in [2.05, 4.69) is 5.10 Å². The summed E-state index contributed by atoms with van der Waals surface area (Å²) in [6.07, 6.45) is -0.0954. The zero-order valence-corrected chi connectivity index (χ0v) is 13.8. The molecule has 0 bridgehead atoms. The molecule has 0 fully saturated rings. The van der Waals surface area contributed by atoms with E-state index in [4.69, 9.17) is 19.3 Å². The number of benzene rings is 1. The first-order chi connectivity index (χ1) is 10.9. The van der Waals surface area contributed by atoms with Crippen molar-refractivity contribution in [3.63, 3.8) is 0 Å². The van der Waals surface area contributed by atoms with Gasteiger partial charge < -0.3 is 19.3 Å². The van der Waals surface area contributed by atoms with Crippen LogP contribution in [0.1, 0.15) is 24.3 Å². The summed E-state index contributed by atoms with van der Waals surface area (Å²) in [5, 5.41) is 13.1. The lowest BCUT2D eigenvalue weighted by molar-refractivity contribution is 0.0689. The van der Waals surface area contributed by atoms with Crippen LogP contribution in [0.5, 0.6) is 17.2 Å². The lowest BCUT2D eigenvalue weighted by atomic mass is 10.1. The molecule has 0 aliphatic rings. The van der Waals surface area contributed by atoms with Crippen LogP contribution in [0.4, 0.5) is 0 Å². The van der Waals surface area contributed by atoms with Crippen molar-refractivity contribution in [1.82, 2.24) is 9.78 Å². The largest absolute Gasteiger partial charge is 0.493 e. The Kier molecular flexibility index (Phi) is 4.78. The number of aromatic carboxylic acids is 1. The number of nitrogens with zero attached hydrogens (tertiary/aromatic N) is 2. The van der Waals surface area contributed by atoms with Crippen molar-refractivity contribution in [2.45, 2.75) is 20.0 Å². The summed E-state index contributed by atoms with van der Waals surface area (Å²) in [7, 11) is 4.75. The van der Waals surface area contributed by atoms with Gasteiger partial charge >= 0.3 is 5.97 Å². The third-order valence-electron chi connectivity index (χ3n) is 3.23.